The number of carboxylic acids is 1. The first kappa shape index (κ1) is 16.1. The van der Waals surface area contributed by atoms with Crippen LogP contribution in [-0.4, -0.2) is 15.9 Å². The quantitative estimate of drug-likeness (QED) is 0.363. The number of carbonyl (C=O) groups is 1. The van der Waals surface area contributed by atoms with E-state index in [2.05, 4.69) is 9.97 Å². The van der Waals surface area contributed by atoms with E-state index in [9.17, 15) is 9.90 Å². The van der Waals surface area contributed by atoms with Gasteiger partial charge in [-0.15, -0.1) is 0 Å². The summed E-state index contributed by atoms with van der Waals surface area (Å²) in [4.78, 5) is 19.9. The van der Waals surface area contributed by atoms with Crippen molar-refractivity contribution >= 4 is 50.1 Å². The Labute approximate surface area is 158 Å². The largest absolute Gasteiger partial charge is 1.00 e. The molecule has 106 valence electrons. The summed E-state index contributed by atoms with van der Waals surface area (Å²) in [7, 11) is 0. The molecule has 0 spiro atoms. The minimum absolute atomic E-state index is 0. The molecule has 0 fully saturated rings. The number of fused-ring (bicyclic) bond motifs is 5. The van der Waals surface area contributed by atoms with Crippen LogP contribution >= 0.6 is 11.6 Å². The molecule has 0 unspecified atom stereocenters. The number of carbonyl (C=O) groups excluding carboxylic acids is 1. The Morgan fingerprint density at radius 2 is 1.74 bits per heavy atom. The minimum Gasteiger partial charge on any atom is -0.545 e. The molecule has 0 amide bonds. The molecule has 0 radical (unpaired) electrons. The second-order valence-corrected chi connectivity index (χ2v) is 5.44. The molecule has 23 heavy (non-hydrogen) atoms. The van der Waals surface area contributed by atoms with Gasteiger partial charge in [0.15, 0.2) is 0 Å². The summed E-state index contributed by atoms with van der Waals surface area (Å²) in [6, 6.07) is 10.7. The van der Waals surface area contributed by atoms with E-state index < -0.39 is 5.97 Å². The van der Waals surface area contributed by atoms with Gasteiger partial charge in [0.1, 0.15) is 0 Å². The molecule has 0 aliphatic heterocycles. The van der Waals surface area contributed by atoms with Crippen LogP contribution in [-0.2, 0) is 0 Å². The maximum atomic E-state index is 11.2. The van der Waals surface area contributed by atoms with Gasteiger partial charge in [-0.05, 0) is 11.5 Å². The number of nitrogens with zero attached hydrogens (tertiary/aromatic N) is 2. The van der Waals surface area contributed by atoms with Crippen LogP contribution in [0.5, 0.6) is 0 Å². The number of rotatable bonds is 1. The predicted octanol–water partition coefficient (Wildman–Crippen LogP) is -0.0429. The Kier molecular flexibility index (Phi) is 4.25. The third-order valence-corrected chi connectivity index (χ3v) is 3.93. The molecule has 0 saturated carbocycles. The maximum absolute atomic E-state index is 11.2. The first-order valence-corrected chi connectivity index (χ1v) is 7.00. The summed E-state index contributed by atoms with van der Waals surface area (Å²) in [5.74, 6) is -1.23. The number of halogens is 1. The number of para-hydroxylation sites is 1. The monoisotopic (exact) mass is 330 g/mol. The van der Waals surface area contributed by atoms with Gasteiger partial charge in [0.2, 0.25) is 0 Å². The molecule has 2 heterocycles. The third-order valence-electron chi connectivity index (χ3n) is 3.73. The van der Waals surface area contributed by atoms with Crippen LogP contribution in [0.2, 0.25) is 5.02 Å². The summed E-state index contributed by atoms with van der Waals surface area (Å²) < 4.78 is 0. The molecule has 0 bridgehead atoms. The normalized spacial score (nSPS) is 10.8. The molecule has 0 saturated heterocycles. The van der Waals surface area contributed by atoms with E-state index in [1.54, 1.807) is 18.5 Å². The first-order valence-electron chi connectivity index (χ1n) is 6.62. The molecule has 4 nitrogen and oxygen atoms in total. The van der Waals surface area contributed by atoms with Gasteiger partial charge in [0.25, 0.3) is 0 Å². The smallest absolute Gasteiger partial charge is 0.545 e. The van der Waals surface area contributed by atoms with E-state index >= 15 is 0 Å². The zero-order valence-corrected chi connectivity index (χ0v) is 15.0. The number of benzene rings is 2. The summed E-state index contributed by atoms with van der Waals surface area (Å²) in [6.45, 7) is 0. The second kappa shape index (κ2) is 6.06. The summed E-state index contributed by atoms with van der Waals surface area (Å²) in [6.07, 6.45) is 3.23. The number of carboxylic acid groups (broad SMARTS) is 1. The molecular weight excluding hydrogens is 323 g/mol. The molecular formula is C17H8ClN2NaO2. The van der Waals surface area contributed by atoms with E-state index in [-0.39, 0.29) is 35.1 Å². The van der Waals surface area contributed by atoms with Crippen molar-refractivity contribution in [3.8, 4) is 0 Å². The van der Waals surface area contributed by atoms with Gasteiger partial charge in [-0.25, -0.2) is 0 Å². The molecule has 4 aromatic rings. The topological polar surface area (TPSA) is 65.9 Å². The Balaban J connectivity index is 0.00000156. The zero-order chi connectivity index (χ0) is 15.3. The summed E-state index contributed by atoms with van der Waals surface area (Å²) in [5.41, 5.74) is 1.29. The zero-order valence-electron chi connectivity index (χ0n) is 12.2. The summed E-state index contributed by atoms with van der Waals surface area (Å²) >= 11 is 5.97. The van der Waals surface area contributed by atoms with Crippen molar-refractivity contribution in [2.45, 2.75) is 0 Å². The Bertz CT molecular complexity index is 1080. The van der Waals surface area contributed by atoms with Gasteiger partial charge >= 0.3 is 29.6 Å². The van der Waals surface area contributed by atoms with Crippen molar-refractivity contribution in [2.24, 2.45) is 0 Å². The standard InChI is InChI=1S/C17H9ClN2O2.Na/c18-10-6-9-4-5-11-12-2-1-3-13(17(21)22)16(12)20-8-14(11)15(9)19-7-10;/h1-8H,(H,21,22);/q;+1/p-1. The van der Waals surface area contributed by atoms with E-state index in [4.69, 9.17) is 11.6 Å². The van der Waals surface area contributed by atoms with Crippen LogP contribution in [0.1, 0.15) is 10.4 Å². The minimum atomic E-state index is -1.23. The van der Waals surface area contributed by atoms with E-state index in [0.29, 0.717) is 10.5 Å². The Hall–Kier alpha value is -1.72. The fourth-order valence-electron chi connectivity index (χ4n) is 2.76. The van der Waals surface area contributed by atoms with E-state index in [0.717, 1.165) is 27.1 Å². The Morgan fingerprint density at radius 1 is 0.957 bits per heavy atom. The number of hydrogen-bond acceptors (Lipinski definition) is 4. The van der Waals surface area contributed by atoms with E-state index in [1.807, 2.05) is 24.3 Å². The molecule has 0 aliphatic rings. The molecule has 6 heteroatoms. The van der Waals surface area contributed by atoms with Gasteiger partial charge in [0, 0.05) is 34.1 Å². The number of hydrogen-bond donors (Lipinski definition) is 0. The molecule has 2 aromatic heterocycles. The van der Waals surface area contributed by atoms with Crippen molar-refractivity contribution in [1.29, 1.82) is 0 Å². The van der Waals surface area contributed by atoms with Crippen LogP contribution in [0.15, 0.2) is 48.8 Å². The van der Waals surface area contributed by atoms with Gasteiger partial charge in [-0.1, -0.05) is 41.9 Å². The average molecular weight is 331 g/mol. The van der Waals surface area contributed by atoms with Gasteiger partial charge in [0.05, 0.1) is 22.0 Å². The van der Waals surface area contributed by atoms with Crippen LogP contribution in [0.3, 0.4) is 0 Å². The van der Waals surface area contributed by atoms with Crippen molar-refractivity contribution in [3.63, 3.8) is 0 Å². The van der Waals surface area contributed by atoms with Gasteiger partial charge in [-0.2, -0.15) is 0 Å². The van der Waals surface area contributed by atoms with Gasteiger partial charge in [-0.3, -0.25) is 9.97 Å². The van der Waals surface area contributed by atoms with Crippen LogP contribution in [0, 0.1) is 0 Å². The van der Waals surface area contributed by atoms with Crippen molar-refractivity contribution in [1.82, 2.24) is 9.97 Å². The van der Waals surface area contributed by atoms with Gasteiger partial charge < -0.3 is 9.90 Å². The number of pyridine rings is 2. The van der Waals surface area contributed by atoms with Crippen molar-refractivity contribution < 1.29 is 39.5 Å². The van der Waals surface area contributed by atoms with E-state index in [1.165, 1.54) is 6.07 Å². The predicted molar refractivity (Wildman–Crippen MR) is 83.9 cm³/mol. The fraction of sp³-hybridized carbons (Fsp3) is 0. The van der Waals surface area contributed by atoms with Crippen LogP contribution in [0.4, 0.5) is 0 Å². The number of aromatic nitrogens is 2. The fourth-order valence-corrected chi connectivity index (χ4v) is 2.92. The molecule has 4 rings (SSSR count). The van der Waals surface area contributed by atoms with Crippen molar-refractivity contribution in [3.05, 3.63) is 59.4 Å². The molecule has 2 aromatic carbocycles. The summed E-state index contributed by atoms with van der Waals surface area (Å²) in [5, 5.41) is 15.2. The average Bonchev–Trinajstić information content (AvgIpc) is 2.53. The van der Waals surface area contributed by atoms with Crippen molar-refractivity contribution in [2.75, 3.05) is 0 Å². The number of aromatic carboxylic acids is 1. The van der Waals surface area contributed by atoms with Crippen LogP contribution in [0.25, 0.3) is 32.6 Å². The molecule has 0 N–H and O–H groups in total. The first-order chi connectivity index (χ1) is 10.6. The molecule has 0 atom stereocenters. The Morgan fingerprint density at radius 3 is 2.52 bits per heavy atom. The molecule has 0 aliphatic carbocycles. The van der Waals surface area contributed by atoms with Crippen LogP contribution < -0.4 is 34.7 Å². The second-order valence-electron chi connectivity index (χ2n) is 5.00. The third kappa shape index (κ3) is 2.58. The maximum Gasteiger partial charge on any atom is 1.00 e. The SMILES string of the molecule is O=C([O-])c1cccc2c1ncc1c2ccc2cc(Cl)cnc21.[Na+].